The van der Waals surface area contributed by atoms with Crippen molar-refractivity contribution < 1.29 is 19.1 Å². The lowest BCUT2D eigenvalue weighted by atomic mass is 9.92. The number of imide groups is 1. The number of benzene rings is 2. The predicted molar refractivity (Wildman–Crippen MR) is 125 cm³/mol. The third-order valence-electron chi connectivity index (χ3n) is 5.40. The molecule has 1 saturated heterocycles. The summed E-state index contributed by atoms with van der Waals surface area (Å²) in [6.07, 6.45) is 1.63. The van der Waals surface area contributed by atoms with Crippen molar-refractivity contribution in [2.45, 2.75) is 19.4 Å². The normalized spacial score (nSPS) is 17.7. The zero-order chi connectivity index (χ0) is 23.6. The minimum absolute atomic E-state index is 0.390. The fourth-order valence-corrected chi connectivity index (χ4v) is 3.67. The van der Waals surface area contributed by atoms with Crippen molar-refractivity contribution in [2.24, 2.45) is 0 Å². The second kappa shape index (κ2) is 8.74. The molecule has 33 heavy (non-hydrogen) atoms. The van der Waals surface area contributed by atoms with Crippen LogP contribution in [0.5, 0.6) is 5.75 Å². The van der Waals surface area contributed by atoms with Gasteiger partial charge in [0.05, 0.1) is 11.2 Å². The zero-order valence-electron chi connectivity index (χ0n) is 18.4. The Morgan fingerprint density at radius 1 is 1.15 bits per heavy atom. The summed E-state index contributed by atoms with van der Waals surface area (Å²) >= 11 is 0. The SMILES string of the molecule is C=C(C)COc1ccc(C2(C)NC(=O)N(CC(=O)Nc3cccc4cccnc34)C2=O)cc1. The van der Waals surface area contributed by atoms with E-state index in [1.165, 1.54) is 0 Å². The molecule has 0 spiro atoms. The molecule has 0 saturated carbocycles. The highest BCUT2D eigenvalue weighted by Gasteiger charge is 2.49. The van der Waals surface area contributed by atoms with Gasteiger partial charge >= 0.3 is 6.03 Å². The van der Waals surface area contributed by atoms with Gasteiger partial charge in [0.1, 0.15) is 24.4 Å². The fraction of sp³-hybridized carbons (Fsp3) is 0.200. The second-order valence-corrected chi connectivity index (χ2v) is 8.15. The number of carbonyl (C=O) groups excluding carboxylic acids is 3. The molecule has 4 amide bonds. The molecular formula is C25H24N4O4. The molecule has 8 heteroatoms. The van der Waals surface area contributed by atoms with Crippen molar-refractivity contribution in [3.05, 3.63) is 78.5 Å². The molecule has 1 atom stereocenters. The summed E-state index contributed by atoms with van der Waals surface area (Å²) in [6.45, 7) is 7.25. The summed E-state index contributed by atoms with van der Waals surface area (Å²) in [7, 11) is 0. The van der Waals surface area contributed by atoms with Crippen LogP contribution in [0.3, 0.4) is 0 Å². The molecule has 0 radical (unpaired) electrons. The van der Waals surface area contributed by atoms with Crippen molar-refractivity contribution in [1.29, 1.82) is 0 Å². The van der Waals surface area contributed by atoms with E-state index in [4.69, 9.17) is 4.74 Å². The van der Waals surface area contributed by atoms with Gasteiger partial charge in [-0.1, -0.05) is 36.9 Å². The van der Waals surface area contributed by atoms with E-state index in [1.807, 2.05) is 19.1 Å². The van der Waals surface area contributed by atoms with Crippen LogP contribution in [0.4, 0.5) is 10.5 Å². The highest BCUT2D eigenvalue weighted by molar-refractivity contribution is 6.11. The molecule has 1 aliphatic heterocycles. The molecule has 2 N–H and O–H groups in total. The number of amides is 4. The third kappa shape index (κ3) is 4.41. The van der Waals surface area contributed by atoms with Gasteiger partial charge < -0.3 is 15.4 Å². The van der Waals surface area contributed by atoms with Gasteiger partial charge in [-0.2, -0.15) is 0 Å². The average Bonchev–Trinajstić information content (AvgIpc) is 3.02. The Labute approximate surface area is 191 Å². The first-order valence-electron chi connectivity index (χ1n) is 10.4. The monoisotopic (exact) mass is 444 g/mol. The van der Waals surface area contributed by atoms with Gasteiger partial charge in [-0.15, -0.1) is 0 Å². The fourth-order valence-electron chi connectivity index (χ4n) is 3.67. The maximum Gasteiger partial charge on any atom is 0.325 e. The Hall–Kier alpha value is -4.20. The number of aromatic nitrogens is 1. The molecule has 0 aliphatic carbocycles. The first-order chi connectivity index (χ1) is 15.8. The molecule has 1 fully saturated rings. The van der Waals surface area contributed by atoms with E-state index in [9.17, 15) is 14.4 Å². The lowest BCUT2D eigenvalue weighted by Crippen LogP contribution is -2.42. The van der Waals surface area contributed by atoms with Crippen molar-refractivity contribution in [1.82, 2.24) is 15.2 Å². The number of fused-ring (bicyclic) bond motifs is 1. The van der Waals surface area contributed by atoms with E-state index in [0.29, 0.717) is 29.1 Å². The number of anilines is 1. The van der Waals surface area contributed by atoms with Gasteiger partial charge in [0.25, 0.3) is 5.91 Å². The van der Waals surface area contributed by atoms with Crippen LogP contribution >= 0.6 is 0 Å². The largest absolute Gasteiger partial charge is 0.489 e. The zero-order valence-corrected chi connectivity index (χ0v) is 18.4. The summed E-state index contributed by atoms with van der Waals surface area (Å²) in [6, 6.07) is 15.4. The molecule has 1 aromatic heterocycles. The lowest BCUT2D eigenvalue weighted by Gasteiger charge is -2.22. The lowest BCUT2D eigenvalue weighted by molar-refractivity contribution is -0.133. The maximum absolute atomic E-state index is 13.1. The van der Waals surface area contributed by atoms with E-state index in [2.05, 4.69) is 22.2 Å². The van der Waals surface area contributed by atoms with E-state index < -0.39 is 29.9 Å². The number of hydrogen-bond donors (Lipinski definition) is 2. The number of ether oxygens (including phenoxy) is 1. The summed E-state index contributed by atoms with van der Waals surface area (Å²) in [4.78, 5) is 43.6. The number of hydrogen-bond acceptors (Lipinski definition) is 5. The molecule has 2 heterocycles. The highest BCUT2D eigenvalue weighted by Crippen LogP contribution is 2.30. The molecular weight excluding hydrogens is 420 g/mol. The Morgan fingerprint density at radius 3 is 2.61 bits per heavy atom. The Morgan fingerprint density at radius 2 is 1.88 bits per heavy atom. The number of nitrogens with zero attached hydrogens (tertiary/aromatic N) is 2. The van der Waals surface area contributed by atoms with Crippen LogP contribution in [0.25, 0.3) is 10.9 Å². The van der Waals surface area contributed by atoms with Crippen LogP contribution in [-0.4, -0.2) is 40.9 Å². The molecule has 1 aliphatic rings. The number of nitrogens with one attached hydrogen (secondary N) is 2. The number of rotatable bonds is 7. The predicted octanol–water partition coefficient (Wildman–Crippen LogP) is 3.60. The third-order valence-corrected chi connectivity index (χ3v) is 5.40. The smallest absolute Gasteiger partial charge is 0.325 e. The minimum atomic E-state index is -1.29. The van der Waals surface area contributed by atoms with Gasteiger partial charge in [0, 0.05) is 11.6 Å². The van der Waals surface area contributed by atoms with E-state index in [-0.39, 0.29) is 0 Å². The molecule has 0 bridgehead atoms. The first-order valence-corrected chi connectivity index (χ1v) is 10.4. The standard InChI is InChI=1S/C25H24N4O4/c1-16(2)15-33-19-11-9-18(10-12-19)25(3)23(31)29(24(32)28-25)14-21(30)27-20-8-4-6-17-7-5-13-26-22(17)20/h4-13H,1,14-15H2,2-3H3,(H,27,30)(H,28,32). The molecule has 8 nitrogen and oxygen atoms in total. The maximum atomic E-state index is 13.1. The second-order valence-electron chi connectivity index (χ2n) is 8.15. The molecule has 4 rings (SSSR count). The Bertz CT molecular complexity index is 1250. The first kappa shape index (κ1) is 22.0. The Balaban J connectivity index is 1.47. The van der Waals surface area contributed by atoms with Crippen LogP contribution in [0.15, 0.2) is 72.9 Å². The van der Waals surface area contributed by atoms with Crippen molar-refractivity contribution in [3.8, 4) is 5.75 Å². The van der Waals surface area contributed by atoms with E-state index in [1.54, 1.807) is 55.6 Å². The van der Waals surface area contributed by atoms with Gasteiger partial charge in [0.2, 0.25) is 5.91 Å². The van der Waals surface area contributed by atoms with Gasteiger partial charge in [-0.3, -0.25) is 19.5 Å². The topological polar surface area (TPSA) is 101 Å². The van der Waals surface area contributed by atoms with Gasteiger partial charge in [-0.25, -0.2) is 4.79 Å². The highest BCUT2D eigenvalue weighted by atomic mass is 16.5. The minimum Gasteiger partial charge on any atom is -0.489 e. The molecule has 168 valence electrons. The van der Waals surface area contributed by atoms with Crippen LogP contribution in [0.2, 0.25) is 0 Å². The molecule has 1 unspecified atom stereocenters. The number of carbonyl (C=O) groups is 3. The summed E-state index contributed by atoms with van der Waals surface area (Å²) in [5.41, 5.74) is 1.33. The van der Waals surface area contributed by atoms with Crippen LogP contribution in [-0.2, 0) is 15.1 Å². The quantitative estimate of drug-likeness (QED) is 0.428. The summed E-state index contributed by atoms with van der Waals surface area (Å²) in [5.74, 6) is -0.374. The number of para-hydroxylation sites is 1. The number of pyridine rings is 1. The van der Waals surface area contributed by atoms with Crippen LogP contribution < -0.4 is 15.4 Å². The number of urea groups is 1. The summed E-state index contributed by atoms with van der Waals surface area (Å²) < 4.78 is 5.59. The summed E-state index contributed by atoms with van der Waals surface area (Å²) in [5, 5.41) is 6.33. The van der Waals surface area contributed by atoms with Crippen molar-refractivity contribution >= 4 is 34.4 Å². The van der Waals surface area contributed by atoms with Gasteiger partial charge in [0.15, 0.2) is 0 Å². The molecule has 2 aromatic carbocycles. The molecule has 3 aromatic rings. The van der Waals surface area contributed by atoms with E-state index >= 15 is 0 Å². The van der Waals surface area contributed by atoms with Crippen molar-refractivity contribution in [3.63, 3.8) is 0 Å². The van der Waals surface area contributed by atoms with Gasteiger partial charge in [-0.05, 0) is 49.2 Å². The average molecular weight is 444 g/mol. The van der Waals surface area contributed by atoms with Crippen molar-refractivity contribution in [2.75, 3.05) is 18.5 Å². The van der Waals surface area contributed by atoms with E-state index in [0.717, 1.165) is 15.9 Å². The Kier molecular flexibility index (Phi) is 5.83. The van der Waals surface area contributed by atoms with Crippen LogP contribution in [0.1, 0.15) is 19.4 Å². The van der Waals surface area contributed by atoms with Crippen LogP contribution in [0, 0.1) is 0 Å².